The van der Waals surface area contributed by atoms with Crippen LogP contribution in [-0.2, 0) is 17.8 Å². The molecule has 2 rings (SSSR count). The molecule has 0 aliphatic rings. The number of aryl methyl sites for hydroxylation is 1. The molecule has 0 aliphatic heterocycles. The van der Waals surface area contributed by atoms with Crippen molar-refractivity contribution in [3.05, 3.63) is 47.8 Å². The Bertz CT molecular complexity index is 539. The molecule has 0 saturated heterocycles. The molecule has 100 valence electrons. The first-order valence-electron chi connectivity index (χ1n) is 6.00. The van der Waals surface area contributed by atoms with E-state index in [9.17, 15) is 9.90 Å². The van der Waals surface area contributed by atoms with Crippen molar-refractivity contribution in [2.75, 3.05) is 0 Å². The molecule has 0 aromatic carbocycles. The fourth-order valence-electron chi connectivity index (χ4n) is 1.79. The smallest absolute Gasteiger partial charge is 0.321 e. The Kier molecular flexibility index (Phi) is 4.25. The highest BCUT2D eigenvalue weighted by molar-refractivity contribution is 5.73. The van der Waals surface area contributed by atoms with E-state index in [2.05, 4.69) is 20.3 Å². The Morgan fingerprint density at radius 1 is 1.58 bits per heavy atom. The van der Waals surface area contributed by atoms with Gasteiger partial charge in [0, 0.05) is 31.1 Å². The second-order valence-electron chi connectivity index (χ2n) is 4.38. The minimum Gasteiger partial charge on any atom is -0.480 e. The Labute approximate surface area is 110 Å². The number of H-pyrrole nitrogens is 1. The van der Waals surface area contributed by atoms with Crippen molar-refractivity contribution in [2.24, 2.45) is 0 Å². The average Bonchev–Trinajstić information content (AvgIpc) is 2.87. The van der Waals surface area contributed by atoms with Crippen LogP contribution in [0.3, 0.4) is 0 Å². The lowest BCUT2D eigenvalue weighted by Crippen LogP contribution is -2.38. The molecule has 6 nitrogen and oxygen atoms in total. The lowest BCUT2D eigenvalue weighted by Gasteiger charge is -2.13. The molecule has 2 aromatic rings. The van der Waals surface area contributed by atoms with Gasteiger partial charge in [-0.1, -0.05) is 0 Å². The summed E-state index contributed by atoms with van der Waals surface area (Å²) >= 11 is 0. The summed E-state index contributed by atoms with van der Waals surface area (Å²) in [6.07, 6.45) is 5.25. The molecular weight excluding hydrogens is 244 g/mol. The molecular formula is C13H16N4O2. The SMILES string of the molecule is Cc1ccnc(CN[C@@H](Cc2cnc[nH]2)C(=O)O)c1. The van der Waals surface area contributed by atoms with Crippen LogP contribution in [0.2, 0.25) is 0 Å². The predicted molar refractivity (Wildman–Crippen MR) is 69.5 cm³/mol. The van der Waals surface area contributed by atoms with Crippen LogP contribution in [0, 0.1) is 6.92 Å². The fourth-order valence-corrected chi connectivity index (χ4v) is 1.79. The minimum absolute atomic E-state index is 0.362. The summed E-state index contributed by atoms with van der Waals surface area (Å²) in [6.45, 7) is 2.40. The van der Waals surface area contributed by atoms with Crippen LogP contribution in [0.25, 0.3) is 0 Å². The third-order valence-electron chi connectivity index (χ3n) is 2.78. The van der Waals surface area contributed by atoms with E-state index in [1.807, 2.05) is 19.1 Å². The Balaban J connectivity index is 1.96. The van der Waals surface area contributed by atoms with E-state index in [0.717, 1.165) is 17.0 Å². The van der Waals surface area contributed by atoms with Gasteiger partial charge >= 0.3 is 5.97 Å². The standard InChI is InChI=1S/C13H16N4O2/c1-9-2-3-15-10(4-9)7-16-12(13(18)19)5-11-6-14-8-17-11/h2-4,6,8,12,16H,5,7H2,1H3,(H,14,17)(H,18,19)/t12-/m0/s1. The van der Waals surface area contributed by atoms with Gasteiger partial charge in [0.1, 0.15) is 6.04 Å². The van der Waals surface area contributed by atoms with Gasteiger partial charge in [-0.3, -0.25) is 15.1 Å². The summed E-state index contributed by atoms with van der Waals surface area (Å²) in [5.74, 6) is -0.887. The number of rotatable bonds is 6. The van der Waals surface area contributed by atoms with Crippen molar-refractivity contribution in [2.45, 2.75) is 25.9 Å². The van der Waals surface area contributed by atoms with Crippen LogP contribution >= 0.6 is 0 Å². The maximum absolute atomic E-state index is 11.2. The van der Waals surface area contributed by atoms with Crippen molar-refractivity contribution in [1.29, 1.82) is 0 Å². The second-order valence-corrected chi connectivity index (χ2v) is 4.38. The van der Waals surface area contributed by atoms with E-state index < -0.39 is 12.0 Å². The monoisotopic (exact) mass is 260 g/mol. The fraction of sp³-hybridized carbons (Fsp3) is 0.308. The highest BCUT2D eigenvalue weighted by atomic mass is 16.4. The lowest BCUT2D eigenvalue weighted by molar-refractivity contribution is -0.139. The molecule has 0 aliphatic carbocycles. The highest BCUT2D eigenvalue weighted by Crippen LogP contribution is 2.03. The highest BCUT2D eigenvalue weighted by Gasteiger charge is 2.18. The van der Waals surface area contributed by atoms with E-state index in [-0.39, 0.29) is 0 Å². The van der Waals surface area contributed by atoms with Gasteiger partial charge in [-0.05, 0) is 24.6 Å². The largest absolute Gasteiger partial charge is 0.480 e. The number of aliphatic carboxylic acids is 1. The van der Waals surface area contributed by atoms with Crippen LogP contribution in [0.1, 0.15) is 17.0 Å². The summed E-state index contributed by atoms with van der Waals surface area (Å²) in [5, 5.41) is 12.2. The molecule has 0 saturated carbocycles. The zero-order valence-electron chi connectivity index (χ0n) is 10.6. The molecule has 0 unspecified atom stereocenters. The summed E-state index contributed by atoms with van der Waals surface area (Å²) in [7, 11) is 0. The zero-order chi connectivity index (χ0) is 13.7. The Morgan fingerprint density at radius 2 is 2.42 bits per heavy atom. The summed E-state index contributed by atoms with van der Waals surface area (Å²) < 4.78 is 0. The van der Waals surface area contributed by atoms with Crippen molar-refractivity contribution < 1.29 is 9.90 Å². The number of aromatic amines is 1. The number of carboxylic acid groups (broad SMARTS) is 1. The first-order chi connectivity index (χ1) is 9.15. The number of imidazole rings is 1. The number of hydrogen-bond donors (Lipinski definition) is 3. The first-order valence-corrected chi connectivity index (χ1v) is 6.00. The first kappa shape index (κ1) is 13.2. The number of nitrogens with one attached hydrogen (secondary N) is 2. The molecule has 0 spiro atoms. The van der Waals surface area contributed by atoms with Gasteiger partial charge in [0.25, 0.3) is 0 Å². The van der Waals surface area contributed by atoms with E-state index in [1.54, 1.807) is 12.4 Å². The third-order valence-corrected chi connectivity index (χ3v) is 2.78. The van der Waals surface area contributed by atoms with Gasteiger partial charge in [-0.2, -0.15) is 0 Å². The number of carbonyl (C=O) groups is 1. The molecule has 3 N–H and O–H groups in total. The summed E-state index contributed by atoms with van der Waals surface area (Å²) in [5.41, 5.74) is 2.72. The third kappa shape index (κ3) is 3.89. The van der Waals surface area contributed by atoms with Crippen molar-refractivity contribution >= 4 is 5.97 Å². The van der Waals surface area contributed by atoms with Gasteiger partial charge in [-0.25, -0.2) is 4.98 Å². The van der Waals surface area contributed by atoms with Crippen molar-refractivity contribution in [1.82, 2.24) is 20.3 Å². The number of hydrogen-bond acceptors (Lipinski definition) is 4. The maximum Gasteiger partial charge on any atom is 0.321 e. The number of aromatic nitrogens is 3. The maximum atomic E-state index is 11.2. The van der Waals surface area contributed by atoms with Crippen LogP contribution in [0.4, 0.5) is 0 Å². The zero-order valence-corrected chi connectivity index (χ0v) is 10.6. The van der Waals surface area contributed by atoms with Gasteiger partial charge < -0.3 is 10.1 Å². The van der Waals surface area contributed by atoms with Gasteiger partial charge in [0.05, 0.1) is 12.0 Å². The molecule has 2 aromatic heterocycles. The van der Waals surface area contributed by atoms with Gasteiger partial charge in [0.15, 0.2) is 0 Å². The topological polar surface area (TPSA) is 90.9 Å². The molecule has 19 heavy (non-hydrogen) atoms. The molecule has 0 radical (unpaired) electrons. The number of pyridine rings is 1. The van der Waals surface area contributed by atoms with Crippen LogP contribution in [0.5, 0.6) is 0 Å². The van der Waals surface area contributed by atoms with Crippen LogP contribution < -0.4 is 5.32 Å². The Morgan fingerprint density at radius 3 is 3.05 bits per heavy atom. The minimum atomic E-state index is -0.887. The molecule has 0 fully saturated rings. The second kappa shape index (κ2) is 6.10. The van der Waals surface area contributed by atoms with Crippen molar-refractivity contribution in [3.8, 4) is 0 Å². The van der Waals surface area contributed by atoms with E-state index in [4.69, 9.17) is 0 Å². The molecule has 0 amide bonds. The summed E-state index contributed by atoms with van der Waals surface area (Å²) in [4.78, 5) is 22.2. The van der Waals surface area contributed by atoms with E-state index in [1.165, 1.54) is 6.33 Å². The number of nitrogens with zero attached hydrogens (tertiary/aromatic N) is 2. The molecule has 6 heteroatoms. The van der Waals surface area contributed by atoms with E-state index in [0.29, 0.717) is 13.0 Å². The molecule has 1 atom stereocenters. The molecule has 0 bridgehead atoms. The van der Waals surface area contributed by atoms with Crippen molar-refractivity contribution in [3.63, 3.8) is 0 Å². The van der Waals surface area contributed by atoms with Crippen LogP contribution in [-0.4, -0.2) is 32.1 Å². The lowest BCUT2D eigenvalue weighted by atomic mass is 10.1. The van der Waals surface area contributed by atoms with E-state index >= 15 is 0 Å². The number of carboxylic acids is 1. The average molecular weight is 260 g/mol. The van der Waals surface area contributed by atoms with Gasteiger partial charge in [-0.15, -0.1) is 0 Å². The Hall–Kier alpha value is -2.21. The van der Waals surface area contributed by atoms with Gasteiger partial charge in [0.2, 0.25) is 0 Å². The van der Waals surface area contributed by atoms with Crippen LogP contribution in [0.15, 0.2) is 30.9 Å². The normalized spacial score (nSPS) is 12.3. The summed E-state index contributed by atoms with van der Waals surface area (Å²) in [6, 6.07) is 3.17. The quantitative estimate of drug-likeness (QED) is 0.717. The molecule has 2 heterocycles. The predicted octanol–water partition coefficient (Wildman–Crippen LogP) is 0.899.